The van der Waals surface area contributed by atoms with Gasteiger partial charge in [-0.25, -0.2) is 0 Å². The van der Waals surface area contributed by atoms with E-state index in [1.807, 2.05) is 13.8 Å². The number of fused-ring (bicyclic) bond motifs is 3. The molecule has 28 nitrogen and oxygen atoms in total. The van der Waals surface area contributed by atoms with Crippen LogP contribution in [0.5, 0.6) is 0 Å². The molecule has 11 amide bonds. The van der Waals surface area contributed by atoms with E-state index in [1.165, 1.54) is 4.90 Å². The topological polar surface area (TPSA) is 433 Å². The Bertz CT molecular complexity index is 2890. The van der Waals surface area contributed by atoms with E-state index in [-0.39, 0.29) is 106 Å². The summed E-state index contributed by atoms with van der Waals surface area (Å²) in [6.07, 6.45) is 15.8. The Morgan fingerprint density at radius 3 is 1.71 bits per heavy atom. The van der Waals surface area contributed by atoms with Gasteiger partial charge in [0.25, 0.3) is 0 Å². The van der Waals surface area contributed by atoms with E-state index in [1.54, 1.807) is 20.0 Å². The van der Waals surface area contributed by atoms with Gasteiger partial charge in [0.05, 0.1) is 18.9 Å². The molecule has 4 unspecified atom stereocenters. The van der Waals surface area contributed by atoms with E-state index < -0.39 is 156 Å². The molecule has 4 heterocycles. The Labute approximate surface area is 569 Å². The molecule has 8 rings (SSSR count). The van der Waals surface area contributed by atoms with Crippen molar-refractivity contribution in [2.45, 2.75) is 286 Å². The SMILES string of the molecule is CC(C)C[C@@H]1NC(=O)[C@H](CCCN)NC(=O)[C@H](C(C)C)NC(=O)[C@H](CC2=CNC3CCCCC23)NC(=O)[C@@H](CC(=O)O)NC(=O)[C@H](CC(N)=O)NC(=O)[C@@H](CC2CCCCC2)NC(=O)[C@H](CC2=CC3CCCCC3N2)NC(=O)[C@@H]2CCCN2C(=O)[C@@H](CC2CCC(O)CC2)NC1=O. The van der Waals surface area contributed by atoms with E-state index in [9.17, 15) is 53.4 Å². The number of amides is 11. The molecule has 0 aromatic carbocycles. The third-order valence-corrected chi connectivity index (χ3v) is 21.2. The van der Waals surface area contributed by atoms with Crippen molar-refractivity contribution in [3.63, 3.8) is 0 Å². The summed E-state index contributed by atoms with van der Waals surface area (Å²) in [5, 5.41) is 52.6. The molecule has 0 bridgehead atoms. The lowest BCUT2D eigenvalue weighted by molar-refractivity contribution is -0.143. The van der Waals surface area contributed by atoms with Crippen LogP contribution in [0.2, 0.25) is 0 Å². The first kappa shape index (κ1) is 75.4. The summed E-state index contributed by atoms with van der Waals surface area (Å²) in [4.78, 5) is 176. The Balaban J connectivity index is 1.18. The number of carbonyl (C=O) groups excluding carboxylic acids is 11. The Morgan fingerprint density at radius 1 is 0.526 bits per heavy atom. The van der Waals surface area contributed by atoms with Gasteiger partial charge < -0.3 is 85.1 Å². The van der Waals surface area contributed by atoms with Crippen LogP contribution in [0.1, 0.15) is 207 Å². The molecular formula is C69H110N14O14. The van der Waals surface area contributed by atoms with Crippen molar-refractivity contribution < 1.29 is 67.7 Å². The quantitative estimate of drug-likeness (QED) is 0.0907. The predicted octanol–water partition coefficient (Wildman–Crippen LogP) is 0.929. The number of nitrogens with one attached hydrogen (secondary N) is 11. The maximum atomic E-state index is 15.4. The van der Waals surface area contributed by atoms with Crippen molar-refractivity contribution in [2.24, 2.45) is 47.0 Å². The first-order valence-electron chi connectivity index (χ1n) is 36.2. The molecule has 0 spiro atoms. The third-order valence-electron chi connectivity index (χ3n) is 21.2. The summed E-state index contributed by atoms with van der Waals surface area (Å²) in [6, 6.07) is -14.1. The van der Waals surface area contributed by atoms with Gasteiger partial charge in [-0.3, -0.25) is 57.5 Å². The highest BCUT2D eigenvalue weighted by atomic mass is 16.4. The first-order chi connectivity index (χ1) is 46.3. The number of primary amides is 1. The van der Waals surface area contributed by atoms with Crippen LogP contribution in [0.25, 0.3) is 0 Å². The number of nitrogens with zero attached hydrogens (tertiary/aromatic N) is 1. The van der Waals surface area contributed by atoms with Gasteiger partial charge in [-0.15, -0.1) is 0 Å². The van der Waals surface area contributed by atoms with Crippen LogP contribution in [0.4, 0.5) is 0 Å². The van der Waals surface area contributed by atoms with Crippen molar-refractivity contribution in [1.82, 2.24) is 63.4 Å². The molecule has 0 aromatic heterocycles. The van der Waals surface area contributed by atoms with Gasteiger partial charge in [0.1, 0.15) is 60.4 Å². The van der Waals surface area contributed by atoms with Crippen molar-refractivity contribution in [3.8, 4) is 0 Å². The van der Waals surface area contributed by atoms with Crippen LogP contribution in [0.3, 0.4) is 0 Å². The maximum Gasteiger partial charge on any atom is 0.305 e. The van der Waals surface area contributed by atoms with Crippen LogP contribution in [0.15, 0.2) is 23.5 Å². The lowest BCUT2D eigenvalue weighted by Crippen LogP contribution is -2.62. The first-order valence-corrected chi connectivity index (χ1v) is 36.2. The summed E-state index contributed by atoms with van der Waals surface area (Å²) in [6.45, 7) is 7.25. The minimum atomic E-state index is -1.94. The molecule has 4 saturated carbocycles. The molecule has 0 aromatic rings. The number of carbonyl (C=O) groups is 12. The van der Waals surface area contributed by atoms with Crippen LogP contribution in [0, 0.1) is 35.5 Å². The van der Waals surface area contributed by atoms with Crippen molar-refractivity contribution in [1.29, 1.82) is 0 Å². The van der Waals surface area contributed by atoms with Crippen molar-refractivity contribution in [3.05, 3.63) is 23.5 Å². The number of aliphatic hydroxyl groups is 1. The number of carboxylic acids is 1. The Morgan fingerprint density at radius 2 is 1.05 bits per heavy atom. The second kappa shape index (κ2) is 35.9. The van der Waals surface area contributed by atoms with E-state index in [0.717, 1.165) is 76.2 Å². The fourth-order valence-electron chi connectivity index (χ4n) is 15.9. The summed E-state index contributed by atoms with van der Waals surface area (Å²) < 4.78 is 0. The zero-order chi connectivity index (χ0) is 70.0. The van der Waals surface area contributed by atoms with Gasteiger partial charge >= 0.3 is 5.97 Å². The zero-order valence-corrected chi connectivity index (χ0v) is 57.2. The zero-order valence-electron chi connectivity index (χ0n) is 57.2. The Hall–Kier alpha value is -7.36. The summed E-state index contributed by atoms with van der Waals surface area (Å²) in [7, 11) is 0. The van der Waals surface area contributed by atoms with Crippen LogP contribution in [-0.4, -0.2) is 178 Å². The van der Waals surface area contributed by atoms with Gasteiger partial charge in [-0.1, -0.05) is 91.6 Å². The Kier molecular flexibility index (Phi) is 27.9. The number of aliphatic carboxylic acids is 1. The summed E-state index contributed by atoms with van der Waals surface area (Å²) >= 11 is 0. The van der Waals surface area contributed by atoms with Gasteiger partial charge in [-0.2, -0.15) is 0 Å². The normalized spacial score (nSPS) is 32.9. The van der Waals surface area contributed by atoms with Gasteiger partial charge in [0.2, 0.25) is 65.0 Å². The molecule has 2 saturated heterocycles. The fourth-order valence-corrected chi connectivity index (χ4v) is 15.9. The highest BCUT2D eigenvalue weighted by Gasteiger charge is 2.44. The number of carboxylic acid groups (broad SMARTS) is 1. The van der Waals surface area contributed by atoms with Crippen molar-refractivity contribution in [2.75, 3.05) is 13.1 Å². The molecule has 28 heteroatoms. The van der Waals surface area contributed by atoms with Crippen LogP contribution < -0.4 is 70.0 Å². The highest BCUT2D eigenvalue weighted by Crippen LogP contribution is 2.37. The number of hydrogen-bond acceptors (Lipinski definition) is 16. The number of hydrogen-bond donors (Lipinski definition) is 15. The average molecular weight is 1360 g/mol. The lowest BCUT2D eigenvalue weighted by Gasteiger charge is -2.34. The predicted molar refractivity (Wildman–Crippen MR) is 358 cm³/mol. The summed E-state index contributed by atoms with van der Waals surface area (Å²) in [5.74, 6) is -11.9. The number of rotatable bonds is 18. The molecular weight excluding hydrogens is 1250 g/mol. The minimum absolute atomic E-state index is 0.00231. The van der Waals surface area contributed by atoms with Crippen LogP contribution in [-0.2, 0) is 57.5 Å². The third kappa shape index (κ3) is 21.6. The summed E-state index contributed by atoms with van der Waals surface area (Å²) in [5.41, 5.74) is 13.2. The lowest BCUT2D eigenvalue weighted by atomic mass is 9.80. The highest BCUT2D eigenvalue weighted by molar-refractivity contribution is 6.01. The van der Waals surface area contributed by atoms with Gasteiger partial charge in [-0.05, 0) is 151 Å². The fraction of sp³-hybridized carbons (Fsp3) is 0.768. The van der Waals surface area contributed by atoms with Crippen LogP contribution >= 0.6 is 0 Å². The average Bonchev–Trinajstić information content (AvgIpc) is 1.77. The molecule has 8 aliphatic rings. The van der Waals surface area contributed by atoms with E-state index in [2.05, 4.69) is 64.6 Å². The smallest absolute Gasteiger partial charge is 0.305 e. The molecule has 0 radical (unpaired) electrons. The molecule has 4 aliphatic carbocycles. The monoisotopic (exact) mass is 1360 g/mol. The van der Waals surface area contributed by atoms with E-state index in [0.29, 0.717) is 50.6 Å². The van der Waals surface area contributed by atoms with Gasteiger partial charge in [0.15, 0.2) is 0 Å². The van der Waals surface area contributed by atoms with Gasteiger partial charge in [0, 0.05) is 36.7 Å². The second-order valence-corrected chi connectivity index (χ2v) is 29.6. The molecule has 17 N–H and O–H groups in total. The van der Waals surface area contributed by atoms with E-state index in [4.69, 9.17) is 11.5 Å². The molecule has 14 atom stereocenters. The molecule has 6 fully saturated rings. The molecule has 97 heavy (non-hydrogen) atoms. The molecule has 4 aliphatic heterocycles. The number of nitrogens with two attached hydrogens (primary N) is 2. The van der Waals surface area contributed by atoms with E-state index >= 15 is 14.4 Å². The minimum Gasteiger partial charge on any atom is -0.481 e. The maximum absolute atomic E-state index is 15.4. The second-order valence-electron chi connectivity index (χ2n) is 29.6. The molecule has 540 valence electrons. The number of aliphatic hydroxyl groups excluding tert-OH is 1. The van der Waals surface area contributed by atoms with Crippen molar-refractivity contribution >= 4 is 70.9 Å². The standard InChI is InChI=1S/C69H110N14O14/c1-37(2)28-49-61(89)81-55(30-40-22-24-44(84)25-23-40)69(97)83-27-13-21-56(83)67(95)80-52(33-43-31-41-16-8-10-18-46(41)73-43)63(91)76-50(29-39-14-6-5-7-15-39)62(90)78-53(34-57(71)85)64(92)79-54(35-58(86)87)65(93)77-51(32-42-36-72-47-19-11-9-17-45(42)47)66(94)82-59(38(3)4)68(96)74-48(20-12-26-70)60(88)75-49/h31,36-41,44-56,59,72-73,84H,5-30,32-35,70H2,1-4H3,(H2,71,85)(H,74,96)(H,75,88)(H,76,91)(H,77,93)(H,78,90)(H,79,92)(H,80,95)(H,81,89)(H,82,94)(H,86,87)/t40?,41?,44?,45?,46?,47?,48-,49-,50+,51-,52-,53-,54+,55+,56-,59-/m0/s1. The largest absolute Gasteiger partial charge is 0.481 e.